The number of benzene rings is 2. The second-order valence-electron chi connectivity index (χ2n) is 5.51. The maximum absolute atomic E-state index is 12.6. The summed E-state index contributed by atoms with van der Waals surface area (Å²) in [5, 5.41) is 11.1. The van der Waals surface area contributed by atoms with Crippen LogP contribution in [0.15, 0.2) is 53.4 Å². The Balaban J connectivity index is 1.77. The van der Waals surface area contributed by atoms with Crippen LogP contribution in [0.3, 0.4) is 0 Å². The van der Waals surface area contributed by atoms with Crippen molar-refractivity contribution < 1.29 is 18.1 Å². The number of nitro groups is 1. The van der Waals surface area contributed by atoms with Gasteiger partial charge in [-0.3, -0.25) is 10.1 Å². The van der Waals surface area contributed by atoms with Gasteiger partial charge in [-0.05, 0) is 30.2 Å². The van der Waals surface area contributed by atoms with Crippen molar-refractivity contribution in [1.29, 1.82) is 0 Å². The Morgan fingerprint density at radius 1 is 1.21 bits per heavy atom. The molecule has 24 heavy (non-hydrogen) atoms. The zero-order valence-corrected chi connectivity index (χ0v) is 13.8. The first-order chi connectivity index (χ1) is 11.4. The van der Waals surface area contributed by atoms with Crippen molar-refractivity contribution in [3.05, 3.63) is 64.2 Å². The molecular weight excluding hydrogens is 332 g/mol. The fourth-order valence-electron chi connectivity index (χ4n) is 2.61. The van der Waals surface area contributed by atoms with Crippen molar-refractivity contribution in [3.63, 3.8) is 0 Å². The van der Waals surface area contributed by atoms with Gasteiger partial charge in [0.1, 0.15) is 5.75 Å². The second kappa shape index (κ2) is 6.21. The Hall–Kier alpha value is -2.45. The number of ether oxygens (including phenoxy) is 1. The largest absolute Gasteiger partial charge is 0.497 e. The predicted octanol–water partition coefficient (Wildman–Crippen LogP) is 2.22. The SMILES string of the molecule is COc1ccc(C[C@H]2CN2S(=O)(=O)c2ccccc2[N+](=O)[O-])cc1. The van der Waals surface area contributed by atoms with E-state index in [4.69, 9.17) is 4.74 Å². The minimum Gasteiger partial charge on any atom is -0.497 e. The molecule has 2 atom stereocenters. The van der Waals surface area contributed by atoms with E-state index in [-0.39, 0.29) is 10.9 Å². The number of methoxy groups -OCH3 is 1. The standard InChI is InChI=1S/C16H16N2O5S/c1-23-14-8-6-12(7-9-14)10-13-11-17(13)24(21,22)16-5-3-2-4-15(16)18(19)20/h2-9,13H,10-11H2,1H3/t13-,17?/m0/s1. The molecule has 1 heterocycles. The van der Waals surface area contributed by atoms with Gasteiger partial charge in [-0.1, -0.05) is 24.3 Å². The average molecular weight is 348 g/mol. The van der Waals surface area contributed by atoms with Crippen molar-refractivity contribution >= 4 is 15.7 Å². The topological polar surface area (TPSA) is 89.5 Å². The number of para-hydroxylation sites is 1. The third-order valence-corrected chi connectivity index (χ3v) is 5.91. The van der Waals surface area contributed by atoms with E-state index in [0.717, 1.165) is 11.3 Å². The van der Waals surface area contributed by atoms with Gasteiger partial charge >= 0.3 is 0 Å². The Morgan fingerprint density at radius 2 is 1.88 bits per heavy atom. The van der Waals surface area contributed by atoms with Gasteiger partial charge in [0.05, 0.1) is 12.0 Å². The van der Waals surface area contributed by atoms with E-state index in [9.17, 15) is 18.5 Å². The second-order valence-corrected chi connectivity index (χ2v) is 7.36. The van der Waals surface area contributed by atoms with Gasteiger partial charge < -0.3 is 4.74 Å². The van der Waals surface area contributed by atoms with Crippen LogP contribution in [0.1, 0.15) is 5.56 Å². The van der Waals surface area contributed by atoms with Crippen LogP contribution in [0, 0.1) is 10.1 Å². The first kappa shape index (κ1) is 16.4. The van der Waals surface area contributed by atoms with Crippen molar-refractivity contribution in [1.82, 2.24) is 4.31 Å². The lowest BCUT2D eigenvalue weighted by atomic mass is 10.1. The normalized spacial score (nSPS) is 19.7. The molecule has 7 nitrogen and oxygen atoms in total. The van der Waals surface area contributed by atoms with Crippen LogP contribution >= 0.6 is 0 Å². The predicted molar refractivity (Wildman–Crippen MR) is 87.5 cm³/mol. The molecule has 0 bridgehead atoms. The van der Waals surface area contributed by atoms with E-state index in [1.807, 2.05) is 24.3 Å². The number of nitrogens with zero attached hydrogens (tertiary/aromatic N) is 2. The summed E-state index contributed by atoms with van der Waals surface area (Å²) in [6.45, 7) is 0.362. The summed E-state index contributed by atoms with van der Waals surface area (Å²) in [6.07, 6.45) is 0.559. The van der Waals surface area contributed by atoms with Crippen molar-refractivity contribution in [2.75, 3.05) is 13.7 Å². The molecule has 0 radical (unpaired) electrons. The Bertz CT molecular complexity index is 864. The molecule has 0 N–H and O–H groups in total. The van der Waals surface area contributed by atoms with Crippen LogP contribution in [0.25, 0.3) is 0 Å². The van der Waals surface area contributed by atoms with Gasteiger partial charge in [-0.15, -0.1) is 0 Å². The van der Waals surface area contributed by atoms with Gasteiger partial charge in [-0.2, -0.15) is 4.31 Å². The zero-order valence-electron chi connectivity index (χ0n) is 13.0. The number of sulfonamides is 1. The summed E-state index contributed by atoms with van der Waals surface area (Å²) in [4.78, 5) is 10.1. The molecule has 0 spiro atoms. The van der Waals surface area contributed by atoms with Crippen LogP contribution in [-0.4, -0.2) is 37.3 Å². The average Bonchev–Trinajstić information content (AvgIpc) is 3.35. The maximum Gasteiger partial charge on any atom is 0.289 e. The summed E-state index contributed by atoms with van der Waals surface area (Å²) < 4.78 is 31.6. The molecule has 3 rings (SSSR count). The molecule has 1 aliphatic heterocycles. The molecule has 2 aromatic rings. The first-order valence-electron chi connectivity index (χ1n) is 7.31. The Kier molecular flexibility index (Phi) is 4.25. The summed E-state index contributed by atoms with van der Waals surface area (Å²) in [6, 6.07) is 12.6. The van der Waals surface area contributed by atoms with E-state index in [1.54, 1.807) is 7.11 Å². The highest BCUT2D eigenvalue weighted by atomic mass is 32.2. The van der Waals surface area contributed by atoms with Crippen molar-refractivity contribution in [3.8, 4) is 5.75 Å². The van der Waals surface area contributed by atoms with E-state index in [0.29, 0.717) is 13.0 Å². The van der Waals surface area contributed by atoms with Crippen LogP contribution < -0.4 is 4.74 Å². The third-order valence-electron chi connectivity index (χ3n) is 3.94. The smallest absolute Gasteiger partial charge is 0.289 e. The Morgan fingerprint density at radius 3 is 2.50 bits per heavy atom. The third kappa shape index (κ3) is 3.10. The van der Waals surface area contributed by atoms with E-state index in [2.05, 4.69) is 0 Å². The van der Waals surface area contributed by atoms with Crippen LogP contribution in [0.2, 0.25) is 0 Å². The van der Waals surface area contributed by atoms with Crippen LogP contribution in [-0.2, 0) is 16.4 Å². The van der Waals surface area contributed by atoms with Crippen LogP contribution in [0.5, 0.6) is 5.75 Å². The number of rotatable bonds is 6. The molecule has 1 saturated heterocycles. The molecule has 0 saturated carbocycles. The molecule has 1 unspecified atom stereocenters. The zero-order chi connectivity index (χ0) is 17.3. The number of hydrogen-bond acceptors (Lipinski definition) is 5. The molecular formula is C16H16N2O5S. The van der Waals surface area contributed by atoms with Gasteiger partial charge in [0, 0.05) is 18.7 Å². The molecule has 2 aromatic carbocycles. The summed E-state index contributed by atoms with van der Waals surface area (Å²) >= 11 is 0. The highest BCUT2D eigenvalue weighted by Gasteiger charge is 2.46. The van der Waals surface area contributed by atoms with E-state index >= 15 is 0 Å². The van der Waals surface area contributed by atoms with Gasteiger partial charge in [0.2, 0.25) is 10.0 Å². The molecule has 126 valence electrons. The van der Waals surface area contributed by atoms with Crippen molar-refractivity contribution in [2.24, 2.45) is 0 Å². The summed E-state index contributed by atoms with van der Waals surface area (Å²) in [5.41, 5.74) is 0.591. The summed E-state index contributed by atoms with van der Waals surface area (Å²) in [7, 11) is -2.28. The fourth-order valence-corrected chi connectivity index (χ4v) is 4.35. The molecule has 0 aromatic heterocycles. The van der Waals surface area contributed by atoms with Crippen molar-refractivity contribution in [2.45, 2.75) is 17.4 Å². The lowest BCUT2D eigenvalue weighted by Gasteiger charge is -2.07. The maximum atomic E-state index is 12.6. The van der Waals surface area contributed by atoms with E-state index < -0.39 is 20.6 Å². The lowest BCUT2D eigenvalue weighted by molar-refractivity contribution is -0.387. The highest BCUT2D eigenvalue weighted by molar-refractivity contribution is 7.89. The highest BCUT2D eigenvalue weighted by Crippen LogP contribution is 2.34. The monoisotopic (exact) mass is 348 g/mol. The minimum atomic E-state index is -3.86. The van der Waals surface area contributed by atoms with Gasteiger partial charge in [-0.25, -0.2) is 8.42 Å². The van der Waals surface area contributed by atoms with Gasteiger partial charge in [0.15, 0.2) is 4.90 Å². The molecule has 8 heteroatoms. The summed E-state index contributed by atoms with van der Waals surface area (Å²) in [5.74, 6) is 0.735. The fraction of sp³-hybridized carbons (Fsp3) is 0.250. The van der Waals surface area contributed by atoms with E-state index in [1.165, 1.54) is 28.6 Å². The number of nitro benzene ring substituents is 1. The molecule has 0 aliphatic carbocycles. The molecule has 1 fully saturated rings. The quantitative estimate of drug-likeness (QED) is 0.454. The molecule has 1 aliphatic rings. The first-order valence-corrected chi connectivity index (χ1v) is 8.75. The lowest BCUT2D eigenvalue weighted by Crippen LogP contribution is -2.17. The number of hydrogen-bond donors (Lipinski definition) is 0. The Labute approximate surface area is 139 Å². The van der Waals surface area contributed by atoms with Gasteiger partial charge in [0.25, 0.3) is 5.69 Å². The minimum absolute atomic E-state index is 0.178. The molecule has 0 amide bonds. The van der Waals surface area contributed by atoms with Crippen LogP contribution in [0.4, 0.5) is 5.69 Å².